The van der Waals surface area contributed by atoms with Crippen LogP contribution in [0.2, 0.25) is 5.02 Å². The van der Waals surface area contributed by atoms with Crippen LogP contribution in [0.4, 0.5) is 0 Å². The number of halogens is 1. The maximum atomic E-state index is 6.23. The molecule has 3 nitrogen and oxygen atoms in total. The lowest BCUT2D eigenvalue weighted by Gasteiger charge is -2.31. The summed E-state index contributed by atoms with van der Waals surface area (Å²) in [5, 5.41) is 4.19. The van der Waals surface area contributed by atoms with Crippen LogP contribution in [-0.4, -0.2) is 44.2 Å². The van der Waals surface area contributed by atoms with Gasteiger partial charge in [0.05, 0.1) is 0 Å². The smallest absolute Gasteiger partial charge is 0.0441 e. The average molecular weight is 254 g/mol. The van der Waals surface area contributed by atoms with Crippen LogP contribution in [0.25, 0.3) is 0 Å². The molecule has 0 saturated carbocycles. The van der Waals surface area contributed by atoms with Gasteiger partial charge in [-0.3, -0.25) is 0 Å². The summed E-state index contributed by atoms with van der Waals surface area (Å²) < 4.78 is 0. The van der Waals surface area contributed by atoms with Gasteiger partial charge in [-0.25, -0.2) is 0 Å². The Bertz CT molecular complexity index is 350. The number of piperazine rings is 1. The van der Waals surface area contributed by atoms with E-state index in [4.69, 9.17) is 17.3 Å². The maximum Gasteiger partial charge on any atom is 0.0441 e. The summed E-state index contributed by atoms with van der Waals surface area (Å²) in [5.74, 6) is 0.335. The Morgan fingerprint density at radius 1 is 1.29 bits per heavy atom. The quantitative estimate of drug-likeness (QED) is 0.850. The van der Waals surface area contributed by atoms with Crippen LogP contribution >= 0.6 is 11.6 Å². The summed E-state index contributed by atoms with van der Waals surface area (Å²) in [5.41, 5.74) is 7.07. The molecule has 1 aliphatic rings. The van der Waals surface area contributed by atoms with Crippen molar-refractivity contribution in [1.82, 2.24) is 10.2 Å². The lowest BCUT2D eigenvalue weighted by atomic mass is 9.98. The average Bonchev–Trinajstić information content (AvgIpc) is 2.38. The molecule has 0 aliphatic carbocycles. The van der Waals surface area contributed by atoms with Gasteiger partial charge in [0.25, 0.3) is 0 Å². The van der Waals surface area contributed by atoms with Gasteiger partial charge in [-0.05, 0) is 11.6 Å². The van der Waals surface area contributed by atoms with Gasteiger partial charge in [0.1, 0.15) is 0 Å². The molecule has 1 unspecified atom stereocenters. The third-order valence-electron chi connectivity index (χ3n) is 3.32. The lowest BCUT2D eigenvalue weighted by Crippen LogP contribution is -2.45. The first-order valence-corrected chi connectivity index (χ1v) is 6.56. The first-order valence-electron chi connectivity index (χ1n) is 6.19. The fourth-order valence-electron chi connectivity index (χ4n) is 2.31. The van der Waals surface area contributed by atoms with Crippen molar-refractivity contribution in [2.24, 2.45) is 5.73 Å². The van der Waals surface area contributed by atoms with Crippen LogP contribution in [0.5, 0.6) is 0 Å². The molecule has 1 heterocycles. The van der Waals surface area contributed by atoms with Crippen LogP contribution in [0.1, 0.15) is 11.5 Å². The second-order valence-electron chi connectivity index (χ2n) is 4.50. The second kappa shape index (κ2) is 6.36. The Labute approximate surface area is 108 Å². The van der Waals surface area contributed by atoms with E-state index >= 15 is 0 Å². The first kappa shape index (κ1) is 12.8. The highest BCUT2D eigenvalue weighted by Gasteiger charge is 2.18. The zero-order valence-corrected chi connectivity index (χ0v) is 10.8. The van der Waals surface area contributed by atoms with Crippen LogP contribution in [0, 0.1) is 0 Å². The van der Waals surface area contributed by atoms with E-state index in [2.05, 4.69) is 16.3 Å². The molecule has 2 rings (SSSR count). The Balaban J connectivity index is 2.03. The molecule has 0 amide bonds. The fraction of sp³-hybridized carbons (Fsp3) is 0.538. The Morgan fingerprint density at radius 2 is 2.00 bits per heavy atom. The molecular weight excluding hydrogens is 234 g/mol. The number of hydrogen-bond acceptors (Lipinski definition) is 3. The molecule has 0 radical (unpaired) electrons. The molecular formula is C13H20ClN3. The summed E-state index contributed by atoms with van der Waals surface area (Å²) >= 11 is 6.23. The van der Waals surface area contributed by atoms with E-state index in [1.54, 1.807) is 0 Å². The number of benzene rings is 1. The van der Waals surface area contributed by atoms with Crippen molar-refractivity contribution < 1.29 is 0 Å². The van der Waals surface area contributed by atoms with E-state index in [-0.39, 0.29) is 0 Å². The predicted octanol–water partition coefficient (Wildman–Crippen LogP) is 1.29. The number of nitrogens with one attached hydrogen (secondary N) is 1. The molecule has 1 aromatic rings. The van der Waals surface area contributed by atoms with Gasteiger partial charge in [-0.15, -0.1) is 0 Å². The van der Waals surface area contributed by atoms with E-state index in [0.717, 1.165) is 37.7 Å². The van der Waals surface area contributed by atoms with E-state index < -0.39 is 0 Å². The Morgan fingerprint density at radius 3 is 2.65 bits per heavy atom. The van der Waals surface area contributed by atoms with Crippen molar-refractivity contribution in [1.29, 1.82) is 0 Å². The molecule has 1 atom stereocenters. The van der Waals surface area contributed by atoms with Crippen LogP contribution in [0.15, 0.2) is 24.3 Å². The summed E-state index contributed by atoms with van der Waals surface area (Å²) in [4.78, 5) is 2.46. The minimum absolute atomic E-state index is 0.335. The normalized spacial score (nSPS) is 19.2. The molecule has 1 saturated heterocycles. The molecule has 1 fully saturated rings. The summed E-state index contributed by atoms with van der Waals surface area (Å²) in [6.07, 6.45) is 0. The van der Waals surface area contributed by atoms with Gasteiger partial charge in [0, 0.05) is 50.2 Å². The van der Waals surface area contributed by atoms with Crippen LogP contribution in [-0.2, 0) is 0 Å². The molecule has 4 heteroatoms. The number of hydrogen-bond donors (Lipinski definition) is 2. The second-order valence-corrected chi connectivity index (χ2v) is 4.91. The van der Waals surface area contributed by atoms with Gasteiger partial charge < -0.3 is 16.0 Å². The first-order chi connectivity index (χ1) is 8.31. The van der Waals surface area contributed by atoms with Gasteiger partial charge >= 0.3 is 0 Å². The van der Waals surface area contributed by atoms with Crippen molar-refractivity contribution >= 4 is 11.6 Å². The molecule has 17 heavy (non-hydrogen) atoms. The molecule has 1 aromatic carbocycles. The topological polar surface area (TPSA) is 41.3 Å². The number of nitrogens with zero attached hydrogens (tertiary/aromatic N) is 1. The molecule has 0 spiro atoms. The zero-order chi connectivity index (χ0) is 12.1. The van der Waals surface area contributed by atoms with Crippen LogP contribution < -0.4 is 11.1 Å². The van der Waals surface area contributed by atoms with E-state index in [0.29, 0.717) is 12.5 Å². The maximum absolute atomic E-state index is 6.23. The monoisotopic (exact) mass is 253 g/mol. The van der Waals surface area contributed by atoms with Crippen molar-refractivity contribution in [2.75, 3.05) is 39.3 Å². The Hall–Kier alpha value is -0.610. The Kier molecular flexibility index (Phi) is 4.80. The summed E-state index contributed by atoms with van der Waals surface area (Å²) in [6.45, 7) is 5.98. The molecule has 94 valence electrons. The molecule has 1 aliphatic heterocycles. The lowest BCUT2D eigenvalue weighted by molar-refractivity contribution is 0.228. The summed E-state index contributed by atoms with van der Waals surface area (Å²) in [6, 6.07) is 8.02. The van der Waals surface area contributed by atoms with Gasteiger partial charge in [-0.2, -0.15) is 0 Å². The highest BCUT2D eigenvalue weighted by Crippen LogP contribution is 2.24. The molecule has 3 N–H and O–H groups in total. The minimum Gasteiger partial charge on any atom is -0.330 e. The van der Waals surface area contributed by atoms with Crippen molar-refractivity contribution in [2.45, 2.75) is 5.92 Å². The standard InChI is InChI=1S/C13H20ClN3/c14-13-4-2-1-3-12(13)11(9-15)10-17-7-5-16-6-8-17/h1-4,11,16H,5-10,15H2. The van der Waals surface area contributed by atoms with Crippen LogP contribution in [0.3, 0.4) is 0 Å². The third-order valence-corrected chi connectivity index (χ3v) is 3.66. The van der Waals surface area contributed by atoms with Gasteiger partial charge in [0.2, 0.25) is 0 Å². The predicted molar refractivity (Wildman–Crippen MR) is 72.6 cm³/mol. The SMILES string of the molecule is NCC(CN1CCNCC1)c1ccccc1Cl. The fourth-order valence-corrected chi connectivity index (χ4v) is 2.60. The number of nitrogens with two attached hydrogens (primary N) is 1. The highest BCUT2D eigenvalue weighted by molar-refractivity contribution is 6.31. The molecule has 0 bridgehead atoms. The molecule has 0 aromatic heterocycles. The highest BCUT2D eigenvalue weighted by atomic mass is 35.5. The largest absolute Gasteiger partial charge is 0.330 e. The minimum atomic E-state index is 0.335. The van der Waals surface area contributed by atoms with Crippen molar-refractivity contribution in [3.8, 4) is 0 Å². The number of rotatable bonds is 4. The van der Waals surface area contributed by atoms with Crippen molar-refractivity contribution in [3.05, 3.63) is 34.9 Å². The zero-order valence-electron chi connectivity index (χ0n) is 10.0. The van der Waals surface area contributed by atoms with Gasteiger partial charge in [-0.1, -0.05) is 29.8 Å². The van der Waals surface area contributed by atoms with E-state index in [1.165, 1.54) is 5.56 Å². The van der Waals surface area contributed by atoms with Gasteiger partial charge in [0.15, 0.2) is 0 Å². The third kappa shape index (κ3) is 3.42. The van der Waals surface area contributed by atoms with E-state index in [9.17, 15) is 0 Å². The summed E-state index contributed by atoms with van der Waals surface area (Å²) in [7, 11) is 0. The van der Waals surface area contributed by atoms with E-state index in [1.807, 2.05) is 18.2 Å². The van der Waals surface area contributed by atoms with Crippen molar-refractivity contribution in [3.63, 3.8) is 0 Å².